The molecule has 6 aliphatic rings. The molecular weight excluding hydrogens is 1390 g/mol. The molecule has 0 unspecified atom stereocenters. The number of carbonyl (C=O) groups excluding carboxylic acids is 3. The van der Waals surface area contributed by atoms with E-state index in [1.165, 1.54) is 33.8 Å². The molecule has 110 heavy (non-hydrogen) atoms. The third-order valence-corrected chi connectivity index (χ3v) is 22.5. The lowest BCUT2D eigenvalue weighted by Gasteiger charge is -2.36. The van der Waals surface area contributed by atoms with E-state index in [1.807, 2.05) is 63.5 Å². The predicted octanol–water partition coefficient (Wildman–Crippen LogP) is 12.4. The summed E-state index contributed by atoms with van der Waals surface area (Å²) in [5.41, 5.74) is 9.18. The van der Waals surface area contributed by atoms with Crippen LogP contribution in [0.25, 0.3) is 32.7 Å². The summed E-state index contributed by atoms with van der Waals surface area (Å²) in [6.45, 7) is 34.3. The number of carbonyl (C=O) groups is 3. The van der Waals surface area contributed by atoms with Crippen LogP contribution in [0.4, 0.5) is 48.6 Å². The number of aromatic nitrogens is 4. The molecule has 6 fully saturated rings. The Balaban J connectivity index is 0.000000145. The van der Waals surface area contributed by atoms with E-state index in [0.717, 1.165) is 279 Å². The first-order valence-electron chi connectivity index (χ1n) is 40.4. The summed E-state index contributed by atoms with van der Waals surface area (Å²) < 4.78 is 0. The van der Waals surface area contributed by atoms with Gasteiger partial charge < -0.3 is 60.0 Å². The zero-order valence-electron chi connectivity index (χ0n) is 65.0. The van der Waals surface area contributed by atoms with Crippen molar-refractivity contribution in [3.8, 4) is 0 Å². The number of nitrogens with one attached hydrogen (secondary N) is 3. The van der Waals surface area contributed by atoms with Crippen molar-refractivity contribution in [1.29, 1.82) is 0 Å². The summed E-state index contributed by atoms with van der Waals surface area (Å²) in [7, 11) is 0. The molecule has 6 aromatic carbocycles. The molecule has 22 nitrogen and oxygen atoms in total. The van der Waals surface area contributed by atoms with Gasteiger partial charge in [0.2, 0.25) is 0 Å². The third-order valence-electron chi connectivity index (χ3n) is 22.3. The highest BCUT2D eigenvalue weighted by Crippen LogP contribution is 2.32. The molecule has 9 aromatic rings. The zero-order valence-corrected chi connectivity index (χ0v) is 65.8. The van der Waals surface area contributed by atoms with Gasteiger partial charge in [-0.25, -0.2) is 24.4 Å². The Morgan fingerprint density at radius 2 is 0.691 bits per heavy atom. The van der Waals surface area contributed by atoms with E-state index in [9.17, 15) is 14.4 Å². The number of hydrogen-bond donors (Lipinski definition) is 3. The van der Waals surface area contributed by atoms with Gasteiger partial charge in [0.05, 0.1) is 16.6 Å². The van der Waals surface area contributed by atoms with Gasteiger partial charge in [-0.2, -0.15) is 0 Å². The van der Waals surface area contributed by atoms with E-state index in [4.69, 9.17) is 21.6 Å². The van der Waals surface area contributed by atoms with Crippen molar-refractivity contribution in [2.24, 2.45) is 0 Å². The molecule has 6 amide bonds. The Labute approximate surface area is 656 Å². The maximum absolute atomic E-state index is 12.6. The van der Waals surface area contributed by atoms with E-state index in [2.05, 4.69) is 224 Å². The van der Waals surface area contributed by atoms with Gasteiger partial charge in [0.1, 0.15) is 11.6 Å². The number of para-hydroxylation sites is 5. The molecule has 0 saturated carbocycles. The number of unbranched alkanes of at least 4 members (excludes halogenated alkanes) is 3. The van der Waals surface area contributed by atoms with Crippen molar-refractivity contribution >= 4 is 96.7 Å². The molecule has 0 radical (unpaired) electrons. The molecule has 0 aliphatic carbocycles. The SMILES string of the molecule is CC(C)(C)c1nc(N2CCN(CCCCNC(=O)N3CCN(c4ccccc4)CC3)CC2)c2ccccc2n1.O=C(NCCCCN1CCN(c2ccnc3cc(Cl)ccc23)CC1)N1CCN(c2ccccc2)CC1.O=C(NCCCCN1CCN(c2ccnc3ccccc23)CC1)N1CCN(c2ccccc2)CC1. The van der Waals surface area contributed by atoms with Gasteiger partial charge in [0.25, 0.3) is 0 Å². The number of fused-ring (bicyclic) bond motifs is 3. The summed E-state index contributed by atoms with van der Waals surface area (Å²) in [6.07, 6.45) is 10.1. The van der Waals surface area contributed by atoms with Crippen molar-refractivity contribution in [3.63, 3.8) is 0 Å². The average molecular weight is 1510 g/mol. The first-order valence-corrected chi connectivity index (χ1v) is 40.8. The number of amides is 6. The highest BCUT2D eigenvalue weighted by molar-refractivity contribution is 6.31. The first-order chi connectivity index (χ1) is 53.8. The van der Waals surface area contributed by atoms with Gasteiger partial charge in [-0.15, -0.1) is 0 Å². The van der Waals surface area contributed by atoms with Gasteiger partial charge in [-0.3, -0.25) is 24.7 Å². The second-order valence-corrected chi connectivity index (χ2v) is 31.1. The van der Waals surface area contributed by atoms with Crippen LogP contribution in [0.5, 0.6) is 0 Å². The van der Waals surface area contributed by atoms with Crippen LogP contribution in [0.2, 0.25) is 5.02 Å². The smallest absolute Gasteiger partial charge is 0.317 e. The number of pyridine rings is 2. The fraction of sp³-hybridized carbons (Fsp3) is 0.460. The molecule has 9 heterocycles. The minimum Gasteiger partial charge on any atom is -0.368 e. The van der Waals surface area contributed by atoms with Crippen LogP contribution in [-0.2, 0) is 5.41 Å². The lowest BCUT2D eigenvalue weighted by atomic mass is 9.95. The molecule has 15 rings (SSSR count). The predicted molar refractivity (Wildman–Crippen MR) is 451 cm³/mol. The summed E-state index contributed by atoms with van der Waals surface area (Å²) in [4.78, 5) is 84.4. The largest absolute Gasteiger partial charge is 0.368 e. The number of rotatable bonds is 21. The molecule has 0 atom stereocenters. The Hall–Kier alpha value is -9.74. The monoisotopic (exact) mass is 1510 g/mol. The van der Waals surface area contributed by atoms with Crippen LogP contribution in [0.1, 0.15) is 65.1 Å². The first kappa shape index (κ1) is 78.4. The van der Waals surface area contributed by atoms with Crippen molar-refractivity contribution in [3.05, 3.63) is 193 Å². The highest BCUT2D eigenvalue weighted by atomic mass is 35.5. The number of anilines is 6. The molecular formula is C87H114ClN19O3. The number of benzene rings is 6. The Morgan fingerprint density at radius 1 is 0.345 bits per heavy atom. The Bertz CT molecular complexity index is 4330. The van der Waals surface area contributed by atoms with Gasteiger partial charge in [0, 0.05) is 244 Å². The van der Waals surface area contributed by atoms with Gasteiger partial charge >= 0.3 is 18.1 Å². The third kappa shape index (κ3) is 21.6. The molecule has 23 heteroatoms. The molecule has 6 saturated heterocycles. The lowest BCUT2D eigenvalue weighted by Crippen LogP contribution is -2.52. The van der Waals surface area contributed by atoms with Crippen LogP contribution in [0.15, 0.2) is 182 Å². The molecule has 6 aliphatic heterocycles. The summed E-state index contributed by atoms with van der Waals surface area (Å²) in [5.74, 6) is 1.97. The summed E-state index contributed by atoms with van der Waals surface area (Å²) in [6, 6.07) is 58.5. The normalized spacial score (nSPS) is 17.0. The van der Waals surface area contributed by atoms with Crippen LogP contribution >= 0.6 is 11.6 Å². The quantitative estimate of drug-likeness (QED) is 0.0578. The number of hydrogen-bond acceptors (Lipinski definition) is 16. The maximum atomic E-state index is 12.6. The Morgan fingerprint density at radius 3 is 1.10 bits per heavy atom. The molecule has 0 bridgehead atoms. The topological polar surface area (TPSA) is 178 Å². The highest BCUT2D eigenvalue weighted by Gasteiger charge is 2.28. The fourth-order valence-electron chi connectivity index (χ4n) is 15.7. The second-order valence-electron chi connectivity index (χ2n) is 30.7. The van der Waals surface area contributed by atoms with E-state index >= 15 is 0 Å². The van der Waals surface area contributed by atoms with E-state index in [1.54, 1.807) is 0 Å². The number of halogens is 1. The number of nitrogens with zero attached hydrogens (tertiary/aromatic N) is 16. The van der Waals surface area contributed by atoms with Crippen LogP contribution in [0, 0.1) is 0 Å². The minimum atomic E-state index is -0.0907. The molecule has 582 valence electrons. The number of urea groups is 3. The van der Waals surface area contributed by atoms with Gasteiger partial charge in [0.15, 0.2) is 0 Å². The maximum Gasteiger partial charge on any atom is 0.317 e. The van der Waals surface area contributed by atoms with E-state index < -0.39 is 0 Å². The average Bonchev–Trinajstić information content (AvgIpc) is 0.773. The fourth-order valence-corrected chi connectivity index (χ4v) is 15.9. The second kappa shape index (κ2) is 39.2. The summed E-state index contributed by atoms with van der Waals surface area (Å²) in [5, 5.41) is 13.6. The molecule has 3 aromatic heterocycles. The van der Waals surface area contributed by atoms with E-state index in [0.29, 0.717) is 0 Å². The summed E-state index contributed by atoms with van der Waals surface area (Å²) >= 11 is 6.14. The van der Waals surface area contributed by atoms with Gasteiger partial charge in [-0.1, -0.05) is 117 Å². The molecule has 0 spiro atoms. The van der Waals surface area contributed by atoms with Crippen LogP contribution in [-0.4, -0.2) is 264 Å². The van der Waals surface area contributed by atoms with Crippen LogP contribution < -0.4 is 45.3 Å². The van der Waals surface area contributed by atoms with Crippen molar-refractivity contribution < 1.29 is 14.4 Å². The minimum absolute atomic E-state index is 0.0715. The van der Waals surface area contributed by atoms with Gasteiger partial charge in [-0.05, 0) is 143 Å². The molecule has 3 N–H and O–H groups in total. The van der Waals surface area contributed by atoms with Crippen molar-refractivity contribution in [2.75, 3.05) is 226 Å². The van der Waals surface area contributed by atoms with E-state index in [-0.39, 0.29) is 23.5 Å². The number of piperazine rings is 6. The lowest BCUT2D eigenvalue weighted by molar-refractivity contribution is 0.193. The zero-order chi connectivity index (χ0) is 75.9. The standard InChI is InChI=1S/C31H43N7O.C28H35ClN6O.C28H36N6O/c1-31(2,3)29-33-27-14-8-7-13-26(27)28(34-29)37-19-17-35(18-20-37)16-10-9-15-32-30(39)38-23-21-36(22-24-38)25-11-5-4-6-12-25;29-23-8-9-25-26(22-23)30-12-10-27(25)34-16-14-32(15-17-34)13-5-4-11-31-28(36)35-20-18-33(19-21-35)24-6-2-1-3-7-24;35-28(34-22-20-32(21-23-34)24-8-2-1-3-9-24)30-13-6-7-15-31-16-18-33(19-17-31)27-12-14-29-26-11-5-4-10-25(26)27/h4-8,11-14H,9-10,15-24H2,1-3H3,(H,32,39);1-3,6-10,12,22H,4-5,11,13-21H2,(H,31,36);1-5,8-12,14H,6-7,13,15-23H2,(H,30,35). The van der Waals surface area contributed by atoms with Crippen LogP contribution in [0.3, 0.4) is 0 Å². The Kier molecular flexibility index (Phi) is 28.0. The van der Waals surface area contributed by atoms with Crippen molar-refractivity contribution in [1.82, 2.24) is 65.3 Å². The van der Waals surface area contributed by atoms with Crippen molar-refractivity contribution in [2.45, 2.75) is 64.7 Å².